The van der Waals surface area contributed by atoms with E-state index in [0.29, 0.717) is 5.92 Å². The molecule has 1 aliphatic rings. The van der Waals surface area contributed by atoms with E-state index in [1.807, 2.05) is 0 Å². The summed E-state index contributed by atoms with van der Waals surface area (Å²) in [4.78, 5) is 0. The molecule has 1 saturated heterocycles. The molecule has 1 fully saturated rings. The highest BCUT2D eigenvalue weighted by Crippen LogP contribution is 2.27. The third kappa shape index (κ3) is 2.39. The van der Waals surface area contributed by atoms with Crippen LogP contribution in [0.1, 0.15) is 29.9 Å². The van der Waals surface area contributed by atoms with Gasteiger partial charge in [0.15, 0.2) is 0 Å². The van der Waals surface area contributed by atoms with Crippen molar-refractivity contribution in [2.45, 2.75) is 31.7 Å². The van der Waals surface area contributed by atoms with Crippen molar-refractivity contribution in [3.05, 3.63) is 35.4 Å². The van der Waals surface area contributed by atoms with Gasteiger partial charge in [0.05, 0.1) is 6.61 Å². The van der Waals surface area contributed by atoms with Gasteiger partial charge >= 0.3 is 0 Å². The SMILES string of the molecule is Cc1ccc(C2CCCNC2CO)cc1. The van der Waals surface area contributed by atoms with Gasteiger partial charge in [0.25, 0.3) is 0 Å². The van der Waals surface area contributed by atoms with Crippen molar-refractivity contribution in [3.8, 4) is 0 Å². The fourth-order valence-corrected chi connectivity index (χ4v) is 2.36. The number of aliphatic hydroxyl groups is 1. The van der Waals surface area contributed by atoms with Gasteiger partial charge in [-0.25, -0.2) is 0 Å². The Kier molecular flexibility index (Phi) is 3.39. The summed E-state index contributed by atoms with van der Waals surface area (Å²) in [6.45, 7) is 3.37. The Morgan fingerprint density at radius 2 is 2.07 bits per heavy atom. The second-order valence-electron chi connectivity index (χ2n) is 4.40. The second kappa shape index (κ2) is 4.77. The van der Waals surface area contributed by atoms with Crippen LogP contribution in [0.3, 0.4) is 0 Å². The standard InChI is InChI=1S/C13H19NO/c1-10-4-6-11(7-5-10)12-3-2-8-14-13(12)9-15/h4-7,12-15H,2-3,8-9H2,1H3. The molecule has 1 aliphatic heterocycles. The number of aliphatic hydroxyl groups excluding tert-OH is 1. The lowest BCUT2D eigenvalue weighted by Gasteiger charge is -2.31. The van der Waals surface area contributed by atoms with Gasteiger partial charge < -0.3 is 10.4 Å². The minimum absolute atomic E-state index is 0.235. The first-order valence-corrected chi connectivity index (χ1v) is 5.72. The average Bonchev–Trinajstić information content (AvgIpc) is 2.30. The van der Waals surface area contributed by atoms with Crippen LogP contribution >= 0.6 is 0 Å². The lowest BCUT2D eigenvalue weighted by molar-refractivity contribution is 0.202. The molecule has 0 radical (unpaired) electrons. The van der Waals surface area contributed by atoms with Crippen LogP contribution in [0, 0.1) is 6.92 Å². The molecule has 2 heteroatoms. The Morgan fingerprint density at radius 1 is 1.33 bits per heavy atom. The van der Waals surface area contributed by atoms with E-state index >= 15 is 0 Å². The molecule has 0 aromatic heterocycles. The Hall–Kier alpha value is -0.860. The molecule has 0 amide bonds. The molecule has 0 saturated carbocycles. The summed E-state index contributed by atoms with van der Waals surface area (Å²) in [5.74, 6) is 0.476. The molecular weight excluding hydrogens is 186 g/mol. The van der Waals surface area contributed by atoms with Crippen LogP contribution in [-0.4, -0.2) is 24.3 Å². The van der Waals surface area contributed by atoms with Crippen LogP contribution in [0.4, 0.5) is 0 Å². The third-order valence-corrected chi connectivity index (χ3v) is 3.29. The highest BCUT2D eigenvalue weighted by atomic mass is 16.3. The van der Waals surface area contributed by atoms with Crippen LogP contribution in [0.5, 0.6) is 0 Å². The maximum Gasteiger partial charge on any atom is 0.0590 e. The summed E-state index contributed by atoms with van der Waals surface area (Å²) in [5.41, 5.74) is 2.65. The monoisotopic (exact) mass is 205 g/mol. The van der Waals surface area contributed by atoms with E-state index in [1.165, 1.54) is 24.0 Å². The Bertz CT molecular complexity index is 307. The Balaban J connectivity index is 2.16. The molecule has 82 valence electrons. The summed E-state index contributed by atoms with van der Waals surface area (Å²) in [5, 5.41) is 12.7. The normalized spacial score (nSPS) is 26.5. The first-order valence-electron chi connectivity index (χ1n) is 5.72. The number of rotatable bonds is 2. The van der Waals surface area contributed by atoms with Gasteiger partial charge in [-0.3, -0.25) is 0 Å². The molecule has 2 nitrogen and oxygen atoms in total. The summed E-state index contributed by atoms with van der Waals surface area (Å²) < 4.78 is 0. The van der Waals surface area contributed by atoms with Crippen molar-refractivity contribution in [3.63, 3.8) is 0 Å². The number of hydrogen-bond acceptors (Lipinski definition) is 2. The first kappa shape index (κ1) is 10.7. The number of aryl methyl sites for hydroxylation is 1. The topological polar surface area (TPSA) is 32.3 Å². The van der Waals surface area contributed by atoms with Crippen LogP contribution in [-0.2, 0) is 0 Å². The quantitative estimate of drug-likeness (QED) is 0.772. The fraction of sp³-hybridized carbons (Fsp3) is 0.538. The molecule has 2 rings (SSSR count). The maximum absolute atomic E-state index is 9.31. The van der Waals surface area contributed by atoms with Gasteiger partial charge in [-0.2, -0.15) is 0 Å². The zero-order valence-electron chi connectivity index (χ0n) is 9.24. The van der Waals surface area contributed by atoms with Crippen molar-refractivity contribution < 1.29 is 5.11 Å². The predicted octanol–water partition coefficient (Wildman–Crippen LogP) is 1.82. The van der Waals surface area contributed by atoms with Crippen molar-refractivity contribution >= 4 is 0 Å². The molecular formula is C13H19NO. The first-order chi connectivity index (χ1) is 7.31. The summed E-state index contributed by atoms with van der Waals surface area (Å²) in [6.07, 6.45) is 2.39. The van der Waals surface area contributed by atoms with E-state index < -0.39 is 0 Å². The van der Waals surface area contributed by atoms with Gasteiger partial charge in [0, 0.05) is 12.0 Å². The van der Waals surface area contributed by atoms with Crippen molar-refractivity contribution in [1.82, 2.24) is 5.32 Å². The Morgan fingerprint density at radius 3 is 2.73 bits per heavy atom. The molecule has 1 aromatic carbocycles. The summed E-state index contributed by atoms with van der Waals surface area (Å²) in [6, 6.07) is 8.92. The molecule has 2 atom stereocenters. The number of nitrogens with one attached hydrogen (secondary N) is 1. The highest BCUT2D eigenvalue weighted by molar-refractivity contribution is 5.26. The summed E-state index contributed by atoms with van der Waals surface area (Å²) in [7, 11) is 0. The molecule has 0 aliphatic carbocycles. The van der Waals surface area contributed by atoms with Crippen LogP contribution in [0.15, 0.2) is 24.3 Å². The minimum atomic E-state index is 0.235. The molecule has 1 heterocycles. The lowest BCUT2D eigenvalue weighted by Crippen LogP contribution is -2.42. The zero-order chi connectivity index (χ0) is 10.7. The second-order valence-corrected chi connectivity index (χ2v) is 4.40. The van der Waals surface area contributed by atoms with E-state index in [9.17, 15) is 5.11 Å². The largest absolute Gasteiger partial charge is 0.395 e. The van der Waals surface area contributed by atoms with Crippen molar-refractivity contribution in [2.24, 2.45) is 0 Å². The maximum atomic E-state index is 9.31. The average molecular weight is 205 g/mol. The third-order valence-electron chi connectivity index (χ3n) is 3.29. The highest BCUT2D eigenvalue weighted by Gasteiger charge is 2.24. The van der Waals surface area contributed by atoms with E-state index in [4.69, 9.17) is 0 Å². The summed E-state index contributed by atoms with van der Waals surface area (Å²) >= 11 is 0. The Labute approximate surface area is 91.3 Å². The molecule has 15 heavy (non-hydrogen) atoms. The lowest BCUT2D eigenvalue weighted by atomic mass is 9.85. The van der Waals surface area contributed by atoms with Gasteiger partial charge in [0.1, 0.15) is 0 Å². The smallest absolute Gasteiger partial charge is 0.0590 e. The molecule has 2 unspecified atom stereocenters. The van der Waals surface area contributed by atoms with Crippen LogP contribution in [0.2, 0.25) is 0 Å². The van der Waals surface area contributed by atoms with E-state index in [1.54, 1.807) is 0 Å². The van der Waals surface area contributed by atoms with Crippen molar-refractivity contribution in [2.75, 3.05) is 13.2 Å². The molecule has 1 aromatic rings. The van der Waals surface area contributed by atoms with Gasteiger partial charge in [-0.05, 0) is 31.9 Å². The number of benzene rings is 1. The number of hydrogen-bond donors (Lipinski definition) is 2. The van der Waals surface area contributed by atoms with E-state index in [0.717, 1.165) is 6.54 Å². The molecule has 0 spiro atoms. The number of piperidine rings is 1. The van der Waals surface area contributed by atoms with Gasteiger partial charge in [0.2, 0.25) is 0 Å². The minimum Gasteiger partial charge on any atom is -0.395 e. The van der Waals surface area contributed by atoms with Crippen LogP contribution in [0.25, 0.3) is 0 Å². The van der Waals surface area contributed by atoms with Crippen molar-refractivity contribution in [1.29, 1.82) is 0 Å². The fourth-order valence-electron chi connectivity index (χ4n) is 2.36. The van der Waals surface area contributed by atoms with Gasteiger partial charge in [-0.1, -0.05) is 29.8 Å². The predicted molar refractivity (Wildman–Crippen MR) is 62.0 cm³/mol. The zero-order valence-corrected chi connectivity index (χ0v) is 9.24. The van der Waals surface area contributed by atoms with Gasteiger partial charge in [-0.15, -0.1) is 0 Å². The molecule has 2 N–H and O–H groups in total. The molecule has 0 bridgehead atoms. The van der Waals surface area contributed by atoms with E-state index in [-0.39, 0.29) is 12.6 Å². The van der Waals surface area contributed by atoms with Crippen LogP contribution < -0.4 is 5.32 Å². The van der Waals surface area contributed by atoms with E-state index in [2.05, 4.69) is 36.5 Å².